The van der Waals surface area contributed by atoms with Gasteiger partial charge < -0.3 is 5.32 Å². The third-order valence-corrected chi connectivity index (χ3v) is 4.80. The zero-order valence-electron chi connectivity index (χ0n) is 12.7. The van der Waals surface area contributed by atoms with Crippen molar-refractivity contribution in [1.82, 2.24) is 10.2 Å². The van der Waals surface area contributed by atoms with E-state index in [0.717, 1.165) is 13.1 Å². The number of hydrogen-bond donors (Lipinski definition) is 1. The van der Waals surface area contributed by atoms with E-state index in [0.29, 0.717) is 5.41 Å². The lowest BCUT2D eigenvalue weighted by molar-refractivity contribution is 0.236. The van der Waals surface area contributed by atoms with E-state index in [9.17, 15) is 0 Å². The third-order valence-electron chi connectivity index (χ3n) is 4.80. The first-order valence-corrected chi connectivity index (χ1v) is 7.66. The number of rotatable bonds is 6. The van der Waals surface area contributed by atoms with Gasteiger partial charge in [0.05, 0.1) is 0 Å². The Morgan fingerprint density at radius 2 is 1.95 bits per heavy atom. The molecule has 0 saturated carbocycles. The fraction of sp³-hybridized carbons (Fsp3) is 0.647. The molecule has 0 spiro atoms. The number of likely N-dealkylation sites (tertiary alicyclic amines) is 1. The average Bonchev–Trinajstić information content (AvgIpc) is 2.84. The van der Waals surface area contributed by atoms with Crippen molar-refractivity contribution in [2.24, 2.45) is 5.41 Å². The number of nitrogens with zero attached hydrogens (tertiary/aromatic N) is 1. The first-order chi connectivity index (χ1) is 9.21. The Morgan fingerprint density at radius 3 is 2.58 bits per heavy atom. The number of hydrogen-bond acceptors (Lipinski definition) is 2. The Morgan fingerprint density at radius 1 is 1.21 bits per heavy atom. The molecule has 0 bridgehead atoms. The van der Waals surface area contributed by atoms with E-state index in [1.54, 1.807) is 0 Å². The van der Waals surface area contributed by atoms with Gasteiger partial charge in [-0.15, -0.1) is 0 Å². The average molecular weight is 260 g/mol. The molecule has 0 aliphatic carbocycles. The standard InChI is InChI=1S/C17H28N2/c1-4-17(5-2)9-10-19(14-17)13-16-8-6-7-15(11-16)12-18-3/h6-8,11,18H,4-5,9-10,12-14H2,1-3H3. The summed E-state index contributed by atoms with van der Waals surface area (Å²) in [6, 6.07) is 8.99. The molecule has 2 heteroatoms. The lowest BCUT2D eigenvalue weighted by Crippen LogP contribution is -2.26. The van der Waals surface area contributed by atoms with E-state index in [1.165, 1.54) is 43.5 Å². The molecule has 1 aromatic rings. The van der Waals surface area contributed by atoms with Crippen LogP contribution < -0.4 is 5.32 Å². The first kappa shape index (κ1) is 14.5. The maximum Gasteiger partial charge on any atom is 0.0234 e. The van der Waals surface area contributed by atoms with E-state index < -0.39 is 0 Å². The Bertz CT molecular complexity index is 396. The second-order valence-corrected chi connectivity index (χ2v) is 6.02. The summed E-state index contributed by atoms with van der Waals surface area (Å²) < 4.78 is 0. The van der Waals surface area contributed by atoms with Crippen LogP contribution in [0.3, 0.4) is 0 Å². The van der Waals surface area contributed by atoms with E-state index in [4.69, 9.17) is 0 Å². The molecule has 1 heterocycles. The van der Waals surface area contributed by atoms with Gasteiger partial charge in [-0.25, -0.2) is 0 Å². The summed E-state index contributed by atoms with van der Waals surface area (Å²) >= 11 is 0. The van der Waals surface area contributed by atoms with Crippen molar-refractivity contribution in [2.45, 2.75) is 46.2 Å². The predicted molar refractivity (Wildman–Crippen MR) is 82.1 cm³/mol. The summed E-state index contributed by atoms with van der Waals surface area (Å²) in [5, 5.41) is 3.22. The van der Waals surface area contributed by atoms with Crippen LogP contribution in [0, 0.1) is 5.41 Å². The summed E-state index contributed by atoms with van der Waals surface area (Å²) in [5.41, 5.74) is 3.43. The molecule has 19 heavy (non-hydrogen) atoms. The Labute approximate surface area is 118 Å². The summed E-state index contributed by atoms with van der Waals surface area (Å²) in [6.07, 6.45) is 4.01. The van der Waals surface area contributed by atoms with Gasteiger partial charge in [0.25, 0.3) is 0 Å². The molecule has 106 valence electrons. The lowest BCUT2D eigenvalue weighted by atomic mass is 9.82. The van der Waals surface area contributed by atoms with Crippen molar-refractivity contribution >= 4 is 0 Å². The molecule has 0 amide bonds. The van der Waals surface area contributed by atoms with E-state index in [-0.39, 0.29) is 0 Å². The van der Waals surface area contributed by atoms with Gasteiger partial charge in [-0.1, -0.05) is 38.1 Å². The minimum atomic E-state index is 0.586. The van der Waals surface area contributed by atoms with Crippen LogP contribution in [0.15, 0.2) is 24.3 Å². The van der Waals surface area contributed by atoms with Gasteiger partial charge in [0.15, 0.2) is 0 Å². The zero-order chi connectivity index (χ0) is 13.7. The lowest BCUT2D eigenvalue weighted by Gasteiger charge is -2.26. The fourth-order valence-electron chi connectivity index (χ4n) is 3.29. The van der Waals surface area contributed by atoms with Crippen LogP contribution in [-0.2, 0) is 13.1 Å². The predicted octanol–water partition coefficient (Wildman–Crippen LogP) is 3.42. The summed E-state index contributed by atoms with van der Waals surface area (Å²) in [4.78, 5) is 2.63. The molecular formula is C17H28N2. The highest BCUT2D eigenvalue weighted by Gasteiger charge is 2.34. The van der Waals surface area contributed by atoms with E-state index in [2.05, 4.69) is 48.3 Å². The van der Waals surface area contributed by atoms with Crippen LogP contribution in [0.5, 0.6) is 0 Å². The van der Waals surface area contributed by atoms with Crippen LogP contribution in [0.4, 0.5) is 0 Å². The molecule has 2 nitrogen and oxygen atoms in total. The van der Waals surface area contributed by atoms with Crippen LogP contribution in [0.25, 0.3) is 0 Å². The monoisotopic (exact) mass is 260 g/mol. The number of nitrogens with one attached hydrogen (secondary N) is 1. The van der Waals surface area contributed by atoms with Crippen molar-refractivity contribution in [3.05, 3.63) is 35.4 Å². The largest absolute Gasteiger partial charge is 0.316 e. The van der Waals surface area contributed by atoms with Gasteiger partial charge in [0, 0.05) is 19.6 Å². The summed E-state index contributed by atoms with van der Waals surface area (Å²) in [6.45, 7) is 9.30. The molecule has 1 aromatic carbocycles. The van der Waals surface area contributed by atoms with Crippen molar-refractivity contribution in [3.63, 3.8) is 0 Å². The molecule has 0 atom stereocenters. The molecule has 0 aromatic heterocycles. The maximum atomic E-state index is 3.22. The van der Waals surface area contributed by atoms with E-state index in [1.807, 2.05) is 7.05 Å². The van der Waals surface area contributed by atoms with Gasteiger partial charge in [-0.3, -0.25) is 4.90 Å². The molecule has 2 rings (SSSR count). The molecular weight excluding hydrogens is 232 g/mol. The Kier molecular flexibility index (Phi) is 5.00. The number of benzene rings is 1. The zero-order valence-corrected chi connectivity index (χ0v) is 12.7. The Balaban J connectivity index is 1.97. The summed E-state index contributed by atoms with van der Waals surface area (Å²) in [5.74, 6) is 0. The van der Waals surface area contributed by atoms with Crippen molar-refractivity contribution in [3.8, 4) is 0 Å². The molecule has 0 radical (unpaired) electrons. The van der Waals surface area contributed by atoms with Crippen molar-refractivity contribution in [1.29, 1.82) is 0 Å². The maximum absolute atomic E-state index is 3.22. The van der Waals surface area contributed by atoms with Gasteiger partial charge in [-0.05, 0) is 49.4 Å². The van der Waals surface area contributed by atoms with Crippen LogP contribution in [0.2, 0.25) is 0 Å². The molecule has 1 saturated heterocycles. The molecule has 1 N–H and O–H groups in total. The Hall–Kier alpha value is -0.860. The van der Waals surface area contributed by atoms with Crippen molar-refractivity contribution < 1.29 is 0 Å². The minimum absolute atomic E-state index is 0.586. The highest BCUT2D eigenvalue weighted by molar-refractivity contribution is 5.23. The van der Waals surface area contributed by atoms with Gasteiger partial charge in [0.1, 0.15) is 0 Å². The quantitative estimate of drug-likeness (QED) is 0.843. The van der Waals surface area contributed by atoms with Gasteiger partial charge in [0.2, 0.25) is 0 Å². The van der Waals surface area contributed by atoms with Gasteiger partial charge >= 0.3 is 0 Å². The second kappa shape index (κ2) is 6.53. The highest BCUT2D eigenvalue weighted by atomic mass is 15.2. The van der Waals surface area contributed by atoms with Crippen LogP contribution in [0.1, 0.15) is 44.2 Å². The van der Waals surface area contributed by atoms with Gasteiger partial charge in [-0.2, -0.15) is 0 Å². The van der Waals surface area contributed by atoms with Crippen LogP contribution >= 0.6 is 0 Å². The first-order valence-electron chi connectivity index (χ1n) is 7.66. The third kappa shape index (κ3) is 3.58. The van der Waals surface area contributed by atoms with Crippen LogP contribution in [-0.4, -0.2) is 25.0 Å². The molecule has 1 aliphatic heterocycles. The fourth-order valence-corrected chi connectivity index (χ4v) is 3.29. The van der Waals surface area contributed by atoms with Crippen molar-refractivity contribution in [2.75, 3.05) is 20.1 Å². The topological polar surface area (TPSA) is 15.3 Å². The second-order valence-electron chi connectivity index (χ2n) is 6.02. The molecule has 0 unspecified atom stereocenters. The SMILES string of the molecule is CCC1(CC)CCN(Cc2cccc(CNC)c2)C1. The molecule has 1 fully saturated rings. The van der Waals surface area contributed by atoms with E-state index >= 15 is 0 Å². The smallest absolute Gasteiger partial charge is 0.0234 e. The molecule has 1 aliphatic rings. The highest BCUT2D eigenvalue weighted by Crippen LogP contribution is 2.37. The summed E-state index contributed by atoms with van der Waals surface area (Å²) in [7, 11) is 2.00. The normalized spacial score (nSPS) is 18.9. The minimum Gasteiger partial charge on any atom is -0.316 e.